The minimum absolute atomic E-state index is 0.405. The molecule has 0 saturated carbocycles. The summed E-state index contributed by atoms with van der Waals surface area (Å²) < 4.78 is 11.1. The van der Waals surface area contributed by atoms with Crippen molar-refractivity contribution in [3.8, 4) is 22.9 Å². The number of unbranched alkanes of at least 4 members (excludes halogenated alkanes) is 3. The van der Waals surface area contributed by atoms with Crippen LogP contribution >= 0.6 is 0 Å². The normalized spacial score (nSPS) is 10.4. The molecule has 0 aliphatic heterocycles. The van der Waals surface area contributed by atoms with Gasteiger partial charge in [0.25, 0.3) is 5.88 Å². The van der Waals surface area contributed by atoms with E-state index in [-0.39, 0.29) is 0 Å². The van der Waals surface area contributed by atoms with E-state index >= 15 is 0 Å². The zero-order valence-corrected chi connectivity index (χ0v) is 12.6. The topological polar surface area (TPSA) is 57.1 Å². The smallest absolute Gasteiger partial charge is 0.280 e. The van der Waals surface area contributed by atoms with Gasteiger partial charge in [0.1, 0.15) is 5.69 Å². The zero-order valence-electron chi connectivity index (χ0n) is 12.6. The Morgan fingerprint density at radius 3 is 2.52 bits per heavy atom. The predicted octanol–water partition coefficient (Wildman–Crippen LogP) is 3.51. The maximum atomic E-state index is 5.70. The van der Waals surface area contributed by atoms with E-state index in [0.29, 0.717) is 23.9 Å². The lowest BCUT2D eigenvalue weighted by molar-refractivity contribution is 0.268. The SMILES string of the molecule is CCCCCCOc1nnnc(-c2ccccc2)c1OC. The second kappa shape index (κ2) is 8.19. The van der Waals surface area contributed by atoms with Gasteiger partial charge < -0.3 is 9.47 Å². The van der Waals surface area contributed by atoms with Crippen LogP contribution in [0, 0.1) is 0 Å². The number of methoxy groups -OCH3 is 1. The van der Waals surface area contributed by atoms with E-state index in [9.17, 15) is 0 Å². The van der Waals surface area contributed by atoms with E-state index in [0.717, 1.165) is 18.4 Å². The van der Waals surface area contributed by atoms with Crippen molar-refractivity contribution in [2.75, 3.05) is 13.7 Å². The Balaban J connectivity index is 2.12. The van der Waals surface area contributed by atoms with Crippen molar-refractivity contribution >= 4 is 0 Å². The molecular formula is C16H21N3O2. The Morgan fingerprint density at radius 2 is 1.81 bits per heavy atom. The largest absolute Gasteiger partial charge is 0.490 e. The molecule has 0 unspecified atom stereocenters. The van der Waals surface area contributed by atoms with Gasteiger partial charge >= 0.3 is 0 Å². The molecule has 0 N–H and O–H groups in total. The summed E-state index contributed by atoms with van der Waals surface area (Å²) in [5, 5.41) is 11.8. The molecule has 2 aromatic rings. The van der Waals surface area contributed by atoms with Gasteiger partial charge in [0, 0.05) is 5.56 Å². The van der Waals surface area contributed by atoms with Crippen LogP contribution in [0.5, 0.6) is 11.6 Å². The second-order valence-corrected chi connectivity index (χ2v) is 4.75. The van der Waals surface area contributed by atoms with E-state index in [2.05, 4.69) is 22.3 Å². The van der Waals surface area contributed by atoms with Gasteiger partial charge in [-0.2, -0.15) is 0 Å². The Hall–Kier alpha value is -2.17. The molecule has 0 spiro atoms. The molecule has 1 aromatic carbocycles. The fraction of sp³-hybridized carbons (Fsp3) is 0.438. The first-order valence-electron chi connectivity index (χ1n) is 7.32. The predicted molar refractivity (Wildman–Crippen MR) is 81.5 cm³/mol. The number of hydrogen-bond acceptors (Lipinski definition) is 5. The van der Waals surface area contributed by atoms with E-state index in [1.807, 2.05) is 30.3 Å². The quantitative estimate of drug-likeness (QED) is 0.695. The number of benzene rings is 1. The average Bonchev–Trinajstić information content (AvgIpc) is 2.55. The van der Waals surface area contributed by atoms with Gasteiger partial charge in [-0.15, -0.1) is 5.10 Å². The molecule has 0 aliphatic rings. The first kappa shape index (κ1) is 15.2. The summed E-state index contributed by atoms with van der Waals surface area (Å²) in [6.07, 6.45) is 4.58. The summed E-state index contributed by atoms with van der Waals surface area (Å²) in [5.41, 5.74) is 1.58. The van der Waals surface area contributed by atoms with Gasteiger partial charge in [-0.1, -0.05) is 61.6 Å². The molecule has 112 valence electrons. The number of nitrogens with zero attached hydrogens (tertiary/aromatic N) is 3. The Labute approximate surface area is 125 Å². The monoisotopic (exact) mass is 287 g/mol. The highest BCUT2D eigenvalue weighted by Crippen LogP contribution is 2.33. The zero-order chi connectivity index (χ0) is 14.9. The number of rotatable bonds is 8. The highest BCUT2D eigenvalue weighted by atomic mass is 16.5. The van der Waals surface area contributed by atoms with Crippen LogP contribution in [0.2, 0.25) is 0 Å². The van der Waals surface area contributed by atoms with Gasteiger partial charge in [0.2, 0.25) is 5.75 Å². The van der Waals surface area contributed by atoms with Crippen LogP contribution in [0.25, 0.3) is 11.3 Å². The standard InChI is InChI=1S/C16H21N3O2/c1-3-4-5-9-12-21-16-15(20-2)14(17-19-18-16)13-10-7-6-8-11-13/h6-8,10-11H,3-5,9,12H2,1-2H3. The molecule has 1 aromatic heterocycles. The first-order chi connectivity index (χ1) is 10.4. The molecule has 0 aliphatic carbocycles. The van der Waals surface area contributed by atoms with Crippen LogP contribution in [-0.4, -0.2) is 29.1 Å². The number of aromatic nitrogens is 3. The molecule has 0 bridgehead atoms. The Morgan fingerprint density at radius 1 is 1.00 bits per heavy atom. The molecule has 0 radical (unpaired) electrons. The lowest BCUT2D eigenvalue weighted by atomic mass is 10.1. The van der Waals surface area contributed by atoms with Crippen LogP contribution in [0.1, 0.15) is 32.6 Å². The lowest BCUT2D eigenvalue weighted by Crippen LogP contribution is -2.05. The van der Waals surface area contributed by atoms with Crippen molar-refractivity contribution in [2.24, 2.45) is 0 Å². The molecule has 0 saturated heterocycles. The average molecular weight is 287 g/mol. The van der Waals surface area contributed by atoms with Crippen LogP contribution < -0.4 is 9.47 Å². The van der Waals surface area contributed by atoms with Gasteiger partial charge in [0.15, 0.2) is 0 Å². The van der Waals surface area contributed by atoms with Crippen LogP contribution in [0.4, 0.5) is 0 Å². The molecular weight excluding hydrogens is 266 g/mol. The molecule has 5 nitrogen and oxygen atoms in total. The fourth-order valence-electron chi connectivity index (χ4n) is 2.06. The molecule has 21 heavy (non-hydrogen) atoms. The van der Waals surface area contributed by atoms with Crippen molar-refractivity contribution in [2.45, 2.75) is 32.6 Å². The minimum atomic E-state index is 0.405. The van der Waals surface area contributed by atoms with Gasteiger partial charge in [-0.05, 0) is 11.6 Å². The van der Waals surface area contributed by atoms with E-state index in [1.54, 1.807) is 7.11 Å². The maximum Gasteiger partial charge on any atom is 0.280 e. The highest BCUT2D eigenvalue weighted by molar-refractivity contribution is 5.67. The summed E-state index contributed by atoms with van der Waals surface area (Å²) in [6, 6.07) is 9.76. The van der Waals surface area contributed by atoms with Crippen LogP contribution in [-0.2, 0) is 0 Å². The first-order valence-corrected chi connectivity index (χ1v) is 7.32. The fourth-order valence-corrected chi connectivity index (χ4v) is 2.06. The summed E-state index contributed by atoms with van der Waals surface area (Å²) in [4.78, 5) is 0. The third-order valence-corrected chi connectivity index (χ3v) is 3.18. The molecule has 0 atom stereocenters. The van der Waals surface area contributed by atoms with Crippen molar-refractivity contribution in [1.29, 1.82) is 0 Å². The highest BCUT2D eigenvalue weighted by Gasteiger charge is 2.16. The molecule has 0 fully saturated rings. The Kier molecular flexibility index (Phi) is 5.94. The number of hydrogen-bond donors (Lipinski definition) is 0. The van der Waals surface area contributed by atoms with Crippen molar-refractivity contribution in [3.63, 3.8) is 0 Å². The van der Waals surface area contributed by atoms with Crippen molar-refractivity contribution < 1.29 is 9.47 Å². The Bertz CT molecular complexity index is 546. The van der Waals surface area contributed by atoms with Crippen LogP contribution in [0.15, 0.2) is 30.3 Å². The summed E-state index contributed by atoms with van der Waals surface area (Å²) in [6.45, 7) is 2.80. The van der Waals surface area contributed by atoms with E-state index in [1.165, 1.54) is 12.8 Å². The van der Waals surface area contributed by atoms with Gasteiger partial charge in [-0.3, -0.25) is 0 Å². The molecule has 0 amide bonds. The van der Waals surface area contributed by atoms with E-state index < -0.39 is 0 Å². The second-order valence-electron chi connectivity index (χ2n) is 4.75. The lowest BCUT2D eigenvalue weighted by Gasteiger charge is -2.11. The summed E-state index contributed by atoms with van der Waals surface area (Å²) >= 11 is 0. The van der Waals surface area contributed by atoms with Gasteiger partial charge in [-0.25, -0.2) is 0 Å². The summed E-state index contributed by atoms with van der Waals surface area (Å²) in [5.74, 6) is 0.939. The van der Waals surface area contributed by atoms with E-state index in [4.69, 9.17) is 9.47 Å². The minimum Gasteiger partial charge on any atom is -0.490 e. The maximum absolute atomic E-state index is 5.70. The third kappa shape index (κ3) is 4.15. The van der Waals surface area contributed by atoms with Crippen molar-refractivity contribution in [1.82, 2.24) is 15.4 Å². The summed E-state index contributed by atoms with van der Waals surface area (Å²) in [7, 11) is 1.59. The molecule has 5 heteroatoms. The molecule has 2 rings (SSSR count). The third-order valence-electron chi connectivity index (χ3n) is 3.18. The molecule has 1 heterocycles. The van der Waals surface area contributed by atoms with Crippen molar-refractivity contribution in [3.05, 3.63) is 30.3 Å². The van der Waals surface area contributed by atoms with Crippen LogP contribution in [0.3, 0.4) is 0 Å². The number of ether oxygens (including phenoxy) is 2. The van der Waals surface area contributed by atoms with Gasteiger partial charge in [0.05, 0.1) is 13.7 Å².